The number of carbonyl (C=O) groups excluding carboxylic acids is 1. The molecule has 1 aromatic carbocycles. The van der Waals surface area contributed by atoms with E-state index in [1.165, 1.54) is 0 Å². The lowest BCUT2D eigenvalue weighted by Crippen LogP contribution is -2.24. The van der Waals surface area contributed by atoms with Crippen molar-refractivity contribution in [3.05, 3.63) is 42.9 Å². The second-order valence-corrected chi connectivity index (χ2v) is 6.98. The summed E-state index contributed by atoms with van der Waals surface area (Å²) in [6.07, 6.45) is 6.23. The Hall–Kier alpha value is -2.67. The van der Waals surface area contributed by atoms with Crippen LogP contribution in [0.1, 0.15) is 12.5 Å². The first kappa shape index (κ1) is 15.8. The summed E-state index contributed by atoms with van der Waals surface area (Å²) in [6, 6.07) is 7.63. The first-order valence-corrected chi connectivity index (χ1v) is 8.88. The van der Waals surface area contributed by atoms with Crippen molar-refractivity contribution in [3.8, 4) is 27.0 Å². The highest BCUT2D eigenvalue weighted by Gasteiger charge is 2.32. The average molecular weight is 354 g/mol. The molecule has 1 aliphatic rings. The number of amides is 1. The number of ether oxygens (including phenoxy) is 1. The Labute approximate surface area is 149 Å². The van der Waals surface area contributed by atoms with Crippen LogP contribution >= 0.6 is 11.3 Å². The lowest BCUT2D eigenvalue weighted by atomic mass is 10.2. The van der Waals surface area contributed by atoms with Gasteiger partial charge in [0.2, 0.25) is 5.91 Å². The lowest BCUT2D eigenvalue weighted by molar-refractivity contribution is -0.129. The van der Waals surface area contributed by atoms with Crippen LogP contribution in [0.3, 0.4) is 0 Å². The average Bonchev–Trinajstić information content (AvgIpc) is 3.36. The Morgan fingerprint density at radius 1 is 1.28 bits per heavy atom. The van der Waals surface area contributed by atoms with Crippen molar-refractivity contribution < 1.29 is 9.53 Å². The molecule has 0 saturated carbocycles. The molecule has 1 amide bonds. The molecular formula is C18H18N4O2S. The van der Waals surface area contributed by atoms with E-state index in [-0.39, 0.29) is 11.9 Å². The van der Waals surface area contributed by atoms with E-state index in [0.29, 0.717) is 0 Å². The van der Waals surface area contributed by atoms with Crippen molar-refractivity contribution in [2.75, 3.05) is 20.7 Å². The minimum atomic E-state index is -0.181. The van der Waals surface area contributed by atoms with Crippen LogP contribution in [0.2, 0.25) is 0 Å². The first-order valence-electron chi connectivity index (χ1n) is 8.06. The van der Waals surface area contributed by atoms with Gasteiger partial charge < -0.3 is 14.2 Å². The van der Waals surface area contributed by atoms with Crippen LogP contribution in [0, 0.1) is 0 Å². The summed E-state index contributed by atoms with van der Waals surface area (Å²) in [5, 5.41) is 0.872. The number of para-hydroxylation sites is 1. The molecule has 25 heavy (non-hydrogen) atoms. The van der Waals surface area contributed by atoms with Crippen molar-refractivity contribution in [1.29, 1.82) is 0 Å². The highest BCUT2D eigenvalue weighted by molar-refractivity contribution is 7.18. The van der Waals surface area contributed by atoms with E-state index >= 15 is 0 Å². The SMILES string of the molecule is COc1ccccc1-c1ncc(-c2nccn2[C@@H]2CCN(C)C2=O)s1. The molecule has 3 aromatic rings. The number of aromatic nitrogens is 3. The van der Waals surface area contributed by atoms with Crippen molar-refractivity contribution in [1.82, 2.24) is 19.4 Å². The quantitative estimate of drug-likeness (QED) is 0.722. The van der Waals surface area contributed by atoms with Gasteiger partial charge in [-0.25, -0.2) is 9.97 Å². The monoisotopic (exact) mass is 354 g/mol. The molecule has 0 bridgehead atoms. The maximum atomic E-state index is 12.3. The van der Waals surface area contributed by atoms with Gasteiger partial charge in [-0.2, -0.15) is 0 Å². The summed E-state index contributed by atoms with van der Waals surface area (Å²) in [6.45, 7) is 0.774. The summed E-state index contributed by atoms with van der Waals surface area (Å²) in [7, 11) is 3.49. The molecule has 0 aliphatic carbocycles. The van der Waals surface area contributed by atoms with E-state index in [9.17, 15) is 4.79 Å². The molecule has 0 N–H and O–H groups in total. The zero-order valence-electron chi connectivity index (χ0n) is 14.0. The zero-order chi connectivity index (χ0) is 17.4. The number of rotatable bonds is 4. The number of imidazole rings is 1. The molecule has 1 saturated heterocycles. The van der Waals surface area contributed by atoms with Gasteiger partial charge in [0.1, 0.15) is 16.8 Å². The highest BCUT2D eigenvalue weighted by atomic mass is 32.1. The van der Waals surface area contributed by atoms with Crippen LogP contribution in [0.25, 0.3) is 21.3 Å². The van der Waals surface area contributed by atoms with Crippen LogP contribution in [0.5, 0.6) is 5.75 Å². The second-order valence-electron chi connectivity index (χ2n) is 5.95. The predicted molar refractivity (Wildman–Crippen MR) is 96.6 cm³/mol. The normalized spacial score (nSPS) is 17.3. The topological polar surface area (TPSA) is 60.3 Å². The Kier molecular flexibility index (Phi) is 4.01. The highest BCUT2D eigenvalue weighted by Crippen LogP contribution is 2.37. The maximum Gasteiger partial charge on any atom is 0.245 e. The third-order valence-electron chi connectivity index (χ3n) is 4.47. The van der Waals surface area contributed by atoms with Crippen molar-refractivity contribution >= 4 is 17.2 Å². The summed E-state index contributed by atoms with van der Waals surface area (Å²) in [5.74, 6) is 1.71. The van der Waals surface area contributed by atoms with Crippen molar-refractivity contribution in [2.24, 2.45) is 0 Å². The molecule has 0 spiro atoms. The molecule has 1 aliphatic heterocycles. The van der Waals surface area contributed by atoms with Gasteiger partial charge in [0.25, 0.3) is 0 Å². The fourth-order valence-electron chi connectivity index (χ4n) is 3.14. The van der Waals surface area contributed by atoms with E-state index in [1.54, 1.807) is 29.5 Å². The zero-order valence-corrected chi connectivity index (χ0v) is 14.9. The molecule has 128 valence electrons. The standard InChI is InChI=1S/C18H18N4O2S/c1-21-9-7-13(18(21)23)22-10-8-19-16(22)15-11-20-17(25-15)12-5-3-4-6-14(12)24-2/h3-6,8,10-11,13H,7,9H2,1-2H3/t13-/m1/s1. The van der Waals surface area contributed by atoms with Gasteiger partial charge in [-0.1, -0.05) is 12.1 Å². The van der Waals surface area contributed by atoms with E-state index in [1.807, 2.05) is 48.3 Å². The molecule has 0 unspecified atom stereocenters. The van der Waals surface area contributed by atoms with E-state index < -0.39 is 0 Å². The fourth-order valence-corrected chi connectivity index (χ4v) is 4.09. The summed E-state index contributed by atoms with van der Waals surface area (Å²) >= 11 is 1.55. The first-order chi connectivity index (χ1) is 12.2. The van der Waals surface area contributed by atoms with E-state index in [4.69, 9.17) is 4.74 Å². The van der Waals surface area contributed by atoms with Gasteiger partial charge in [0.15, 0.2) is 5.82 Å². The number of methoxy groups -OCH3 is 1. The molecule has 2 aromatic heterocycles. The fraction of sp³-hybridized carbons (Fsp3) is 0.278. The predicted octanol–water partition coefficient (Wildman–Crippen LogP) is 3.09. The smallest absolute Gasteiger partial charge is 0.245 e. The Bertz CT molecular complexity index is 917. The van der Waals surface area contributed by atoms with Gasteiger partial charge in [-0.15, -0.1) is 11.3 Å². The van der Waals surface area contributed by atoms with Crippen LogP contribution in [0.4, 0.5) is 0 Å². The molecule has 1 fully saturated rings. The van der Waals surface area contributed by atoms with Gasteiger partial charge >= 0.3 is 0 Å². The number of carbonyl (C=O) groups is 1. The Balaban J connectivity index is 1.70. The molecule has 6 nitrogen and oxygen atoms in total. The van der Waals surface area contributed by atoms with Crippen molar-refractivity contribution in [3.63, 3.8) is 0 Å². The molecular weight excluding hydrogens is 336 g/mol. The van der Waals surface area contributed by atoms with Gasteiger partial charge in [0, 0.05) is 32.2 Å². The van der Waals surface area contributed by atoms with Crippen LogP contribution in [0.15, 0.2) is 42.9 Å². The number of nitrogens with zero attached hydrogens (tertiary/aromatic N) is 4. The van der Waals surface area contributed by atoms with Gasteiger partial charge in [0.05, 0.1) is 17.6 Å². The Morgan fingerprint density at radius 2 is 2.12 bits per heavy atom. The van der Waals surface area contributed by atoms with E-state index in [2.05, 4.69) is 9.97 Å². The summed E-state index contributed by atoms with van der Waals surface area (Å²) in [5.41, 5.74) is 0.955. The number of benzene rings is 1. The van der Waals surface area contributed by atoms with Gasteiger partial charge in [-0.3, -0.25) is 4.79 Å². The minimum absolute atomic E-state index is 0.133. The third kappa shape index (κ3) is 2.70. The third-order valence-corrected chi connectivity index (χ3v) is 5.49. The Morgan fingerprint density at radius 3 is 2.88 bits per heavy atom. The largest absolute Gasteiger partial charge is 0.496 e. The lowest BCUT2D eigenvalue weighted by Gasteiger charge is -2.13. The number of thiazole rings is 1. The minimum Gasteiger partial charge on any atom is -0.496 e. The second kappa shape index (κ2) is 6.33. The van der Waals surface area contributed by atoms with Crippen LogP contribution in [-0.2, 0) is 4.79 Å². The maximum absolute atomic E-state index is 12.3. The van der Waals surface area contributed by atoms with Crippen molar-refractivity contribution in [2.45, 2.75) is 12.5 Å². The number of hydrogen-bond acceptors (Lipinski definition) is 5. The number of likely N-dealkylation sites (tertiary alicyclic amines) is 1. The summed E-state index contributed by atoms with van der Waals surface area (Å²) < 4.78 is 7.39. The molecule has 4 rings (SSSR count). The summed E-state index contributed by atoms with van der Waals surface area (Å²) in [4.78, 5) is 24.1. The molecule has 3 heterocycles. The van der Waals surface area contributed by atoms with Crippen LogP contribution in [-0.4, -0.2) is 46.0 Å². The van der Waals surface area contributed by atoms with E-state index in [0.717, 1.165) is 40.0 Å². The molecule has 0 radical (unpaired) electrons. The van der Waals surface area contributed by atoms with Crippen LogP contribution < -0.4 is 4.74 Å². The molecule has 1 atom stereocenters. The number of likely N-dealkylation sites (N-methyl/N-ethyl adjacent to an activating group) is 1. The number of hydrogen-bond donors (Lipinski definition) is 0. The van der Waals surface area contributed by atoms with Gasteiger partial charge in [-0.05, 0) is 18.6 Å². The molecule has 7 heteroatoms.